The number of benzene rings is 1. The predicted molar refractivity (Wildman–Crippen MR) is 102 cm³/mol. The Balaban J connectivity index is 1.88. The van der Waals surface area contributed by atoms with Gasteiger partial charge in [0.1, 0.15) is 11.3 Å². The van der Waals surface area contributed by atoms with Crippen LogP contribution in [0.1, 0.15) is 18.2 Å². The van der Waals surface area contributed by atoms with Gasteiger partial charge >= 0.3 is 0 Å². The number of hydrogen-bond acceptors (Lipinski definition) is 6. The molecule has 0 N–H and O–H groups in total. The molecule has 0 bridgehead atoms. The smallest absolute Gasteiger partial charge is 0.295 e. The van der Waals surface area contributed by atoms with Crippen LogP contribution >= 0.6 is 22.9 Å². The Bertz CT molecular complexity index is 1210. The first-order valence-electron chi connectivity index (χ1n) is 7.88. The molecular formula is C18H13ClN4O2S. The van der Waals surface area contributed by atoms with Crippen LogP contribution in [-0.4, -0.2) is 25.5 Å². The molecule has 0 unspecified atom stereocenters. The van der Waals surface area contributed by atoms with Crippen molar-refractivity contribution in [1.82, 2.24) is 19.7 Å². The van der Waals surface area contributed by atoms with Crippen molar-refractivity contribution in [3.8, 4) is 0 Å². The van der Waals surface area contributed by atoms with Crippen LogP contribution in [0.15, 0.2) is 40.8 Å². The Morgan fingerprint density at radius 3 is 2.77 bits per heavy atom. The van der Waals surface area contributed by atoms with Crippen molar-refractivity contribution in [2.75, 3.05) is 0 Å². The van der Waals surface area contributed by atoms with Gasteiger partial charge in [-0.05, 0) is 41.5 Å². The highest BCUT2D eigenvalue weighted by Crippen LogP contribution is 2.29. The number of aromatic nitrogens is 4. The molecule has 0 atom stereocenters. The van der Waals surface area contributed by atoms with E-state index in [2.05, 4.69) is 15.1 Å². The van der Waals surface area contributed by atoms with E-state index in [-0.39, 0.29) is 29.8 Å². The lowest BCUT2D eigenvalue weighted by molar-refractivity contribution is -0.116. The molecule has 130 valence electrons. The van der Waals surface area contributed by atoms with Crippen LogP contribution in [0.5, 0.6) is 0 Å². The number of Topliss-reactive ketones (excluding diaryl/α,β-unsaturated/α-hetero) is 1. The minimum absolute atomic E-state index is 0.0533. The van der Waals surface area contributed by atoms with Crippen molar-refractivity contribution in [3.63, 3.8) is 0 Å². The summed E-state index contributed by atoms with van der Waals surface area (Å²) >= 11 is 7.69. The van der Waals surface area contributed by atoms with Crippen LogP contribution in [0.2, 0.25) is 5.02 Å². The van der Waals surface area contributed by atoms with Crippen LogP contribution in [0.4, 0.5) is 0 Å². The summed E-state index contributed by atoms with van der Waals surface area (Å²) in [6.07, 6.45) is 3.06. The van der Waals surface area contributed by atoms with Gasteiger partial charge in [-0.3, -0.25) is 14.6 Å². The Hall–Kier alpha value is -2.64. The van der Waals surface area contributed by atoms with Crippen LogP contribution < -0.4 is 5.56 Å². The number of halogens is 1. The van der Waals surface area contributed by atoms with Gasteiger partial charge in [-0.1, -0.05) is 11.6 Å². The fraction of sp³-hybridized carbons (Fsp3) is 0.167. The molecule has 4 rings (SSSR count). The Kier molecular flexibility index (Phi) is 4.26. The van der Waals surface area contributed by atoms with E-state index in [0.717, 1.165) is 15.6 Å². The largest absolute Gasteiger partial charge is 0.300 e. The molecule has 4 aromatic rings. The number of carbonyl (C=O) groups is 1. The summed E-state index contributed by atoms with van der Waals surface area (Å²) in [5.74, 6) is -0.0533. The zero-order valence-electron chi connectivity index (χ0n) is 13.8. The van der Waals surface area contributed by atoms with Gasteiger partial charge in [0.05, 0.1) is 18.7 Å². The van der Waals surface area contributed by atoms with E-state index in [9.17, 15) is 9.59 Å². The zero-order valence-corrected chi connectivity index (χ0v) is 15.3. The molecule has 0 fully saturated rings. The third-order valence-corrected chi connectivity index (χ3v) is 5.25. The van der Waals surface area contributed by atoms with Gasteiger partial charge in [-0.15, -0.1) is 11.3 Å². The molecular weight excluding hydrogens is 372 g/mol. The predicted octanol–water partition coefficient (Wildman–Crippen LogP) is 3.23. The molecule has 8 heteroatoms. The first-order valence-corrected chi connectivity index (χ1v) is 9.14. The first kappa shape index (κ1) is 16.8. The molecule has 0 saturated carbocycles. The molecule has 0 aliphatic carbocycles. The van der Waals surface area contributed by atoms with Gasteiger partial charge < -0.3 is 0 Å². The maximum atomic E-state index is 12.8. The maximum Gasteiger partial charge on any atom is 0.295 e. The molecule has 0 aliphatic rings. The van der Waals surface area contributed by atoms with Crippen LogP contribution in [0.3, 0.4) is 0 Å². The minimum Gasteiger partial charge on any atom is -0.300 e. The number of thiophene rings is 1. The number of rotatable bonds is 4. The van der Waals surface area contributed by atoms with Crippen molar-refractivity contribution < 1.29 is 4.79 Å². The van der Waals surface area contributed by atoms with E-state index < -0.39 is 0 Å². The van der Waals surface area contributed by atoms with Gasteiger partial charge in [0.25, 0.3) is 5.56 Å². The summed E-state index contributed by atoms with van der Waals surface area (Å²) in [6.45, 7) is 1.75. The summed E-state index contributed by atoms with van der Waals surface area (Å²) < 4.78 is 2.43. The third kappa shape index (κ3) is 3.00. The Morgan fingerprint density at radius 1 is 1.23 bits per heavy atom. The monoisotopic (exact) mass is 384 g/mol. The highest BCUT2D eigenvalue weighted by Gasteiger charge is 2.15. The van der Waals surface area contributed by atoms with E-state index in [0.29, 0.717) is 16.2 Å². The molecule has 0 spiro atoms. The normalized spacial score (nSPS) is 11.3. The lowest BCUT2D eigenvalue weighted by Crippen LogP contribution is -2.26. The molecule has 3 aromatic heterocycles. The molecule has 0 radical (unpaired) electrons. The topological polar surface area (TPSA) is 77.7 Å². The second kappa shape index (κ2) is 6.59. The summed E-state index contributed by atoms with van der Waals surface area (Å²) in [5.41, 5.74) is 1.66. The van der Waals surface area contributed by atoms with Crippen LogP contribution in [0.25, 0.3) is 21.1 Å². The van der Waals surface area contributed by atoms with E-state index in [1.807, 2.05) is 23.6 Å². The van der Waals surface area contributed by atoms with Crippen LogP contribution in [-0.2, 0) is 17.8 Å². The molecule has 3 heterocycles. The molecule has 0 saturated heterocycles. The second-order valence-corrected chi connectivity index (χ2v) is 7.29. The highest BCUT2D eigenvalue weighted by atomic mass is 35.5. The van der Waals surface area contributed by atoms with E-state index in [4.69, 9.17) is 11.6 Å². The number of hydrogen-bond donors (Lipinski definition) is 0. The number of carbonyl (C=O) groups excluding carboxylic acids is 1. The van der Waals surface area contributed by atoms with Crippen molar-refractivity contribution in [2.24, 2.45) is 0 Å². The summed E-state index contributed by atoms with van der Waals surface area (Å²) in [7, 11) is 0. The lowest BCUT2D eigenvalue weighted by Gasteiger charge is -2.09. The fourth-order valence-electron chi connectivity index (χ4n) is 2.87. The fourth-order valence-corrected chi connectivity index (χ4v) is 3.97. The molecule has 0 amide bonds. The van der Waals surface area contributed by atoms with Gasteiger partial charge in [0.15, 0.2) is 5.52 Å². The van der Waals surface area contributed by atoms with Crippen molar-refractivity contribution in [3.05, 3.63) is 62.6 Å². The Morgan fingerprint density at radius 2 is 2.00 bits per heavy atom. The Labute approximate surface area is 157 Å². The van der Waals surface area contributed by atoms with E-state index >= 15 is 0 Å². The van der Waals surface area contributed by atoms with Crippen LogP contribution in [0, 0.1) is 0 Å². The van der Waals surface area contributed by atoms with Crippen molar-refractivity contribution in [2.45, 2.75) is 19.9 Å². The highest BCUT2D eigenvalue weighted by molar-refractivity contribution is 7.17. The first-order chi connectivity index (χ1) is 12.5. The average molecular weight is 385 g/mol. The number of fused-ring (bicyclic) bond motifs is 2. The van der Waals surface area contributed by atoms with Gasteiger partial charge in [0, 0.05) is 22.1 Å². The standard InChI is InChI=1S/C18H13ClN4O2S/c1-10(24)6-14-16-17(21-5-4-20-16)18(25)23(22-14)8-11-9-26-15-3-2-12(19)7-13(11)15/h2-5,7,9H,6,8H2,1H3. The van der Waals surface area contributed by atoms with E-state index in [1.165, 1.54) is 24.0 Å². The average Bonchev–Trinajstić information content (AvgIpc) is 3.01. The number of ketones is 1. The lowest BCUT2D eigenvalue weighted by atomic mass is 10.1. The summed E-state index contributed by atoms with van der Waals surface area (Å²) in [4.78, 5) is 32.7. The second-order valence-electron chi connectivity index (χ2n) is 5.94. The maximum absolute atomic E-state index is 12.8. The third-order valence-electron chi connectivity index (χ3n) is 4.00. The van der Waals surface area contributed by atoms with Crippen molar-refractivity contribution >= 4 is 49.8 Å². The molecule has 6 nitrogen and oxygen atoms in total. The van der Waals surface area contributed by atoms with Gasteiger partial charge in [0.2, 0.25) is 0 Å². The quantitative estimate of drug-likeness (QED) is 0.539. The van der Waals surface area contributed by atoms with Gasteiger partial charge in [-0.2, -0.15) is 5.10 Å². The number of nitrogens with zero attached hydrogens (tertiary/aromatic N) is 4. The molecule has 26 heavy (non-hydrogen) atoms. The minimum atomic E-state index is -0.332. The molecule has 0 aliphatic heterocycles. The van der Waals surface area contributed by atoms with Gasteiger partial charge in [-0.25, -0.2) is 9.67 Å². The summed E-state index contributed by atoms with van der Waals surface area (Å²) in [6, 6.07) is 5.67. The zero-order chi connectivity index (χ0) is 18.3. The van der Waals surface area contributed by atoms with Crippen molar-refractivity contribution in [1.29, 1.82) is 0 Å². The van der Waals surface area contributed by atoms with E-state index in [1.54, 1.807) is 11.3 Å². The SMILES string of the molecule is CC(=O)Cc1nn(Cc2csc3ccc(Cl)cc23)c(=O)c2nccnc12. The molecule has 1 aromatic carbocycles. The summed E-state index contributed by atoms with van der Waals surface area (Å²) in [5, 5.41) is 8.01.